The van der Waals surface area contributed by atoms with Crippen molar-refractivity contribution in [2.24, 2.45) is 0 Å². The number of nitrogens with zero attached hydrogens (tertiary/aromatic N) is 2. The molecule has 1 saturated heterocycles. The Morgan fingerprint density at radius 2 is 2.10 bits per heavy atom. The third-order valence-corrected chi connectivity index (χ3v) is 6.18. The van der Waals surface area contributed by atoms with Gasteiger partial charge in [-0.3, -0.25) is 4.79 Å². The Morgan fingerprint density at radius 3 is 2.93 bits per heavy atom. The average Bonchev–Trinajstić information content (AvgIpc) is 3.31. The van der Waals surface area contributed by atoms with Gasteiger partial charge in [0.05, 0.1) is 0 Å². The van der Waals surface area contributed by atoms with Gasteiger partial charge in [-0.1, -0.05) is 12.1 Å². The van der Waals surface area contributed by atoms with E-state index in [1.54, 1.807) is 6.20 Å². The number of H-pyrrole nitrogens is 1. The summed E-state index contributed by atoms with van der Waals surface area (Å²) >= 11 is 0. The number of aromatic amines is 1. The van der Waals surface area contributed by atoms with Crippen LogP contribution in [0.1, 0.15) is 43.7 Å². The molecule has 6 nitrogen and oxygen atoms in total. The summed E-state index contributed by atoms with van der Waals surface area (Å²) in [6, 6.07) is 9.99. The van der Waals surface area contributed by atoms with Crippen LogP contribution in [0.2, 0.25) is 0 Å². The molecule has 5 rings (SSSR count). The smallest absolute Gasteiger partial charge is 0.260 e. The SMILES string of the molecule is CC1(C)Cc2cccc(OCC(=O)N3CCC(c4c[nH]c5ncccc45)CC3)c2O1. The van der Waals surface area contributed by atoms with Gasteiger partial charge in [-0.05, 0) is 56.4 Å². The molecule has 0 bridgehead atoms. The minimum Gasteiger partial charge on any atom is -0.483 e. The second kappa shape index (κ2) is 7.35. The highest BCUT2D eigenvalue weighted by Crippen LogP contribution is 2.41. The van der Waals surface area contributed by atoms with Crippen molar-refractivity contribution in [1.82, 2.24) is 14.9 Å². The van der Waals surface area contributed by atoms with Crippen molar-refractivity contribution in [2.75, 3.05) is 19.7 Å². The molecule has 0 saturated carbocycles. The van der Waals surface area contributed by atoms with Crippen molar-refractivity contribution >= 4 is 16.9 Å². The van der Waals surface area contributed by atoms with Crippen LogP contribution in [0.25, 0.3) is 11.0 Å². The number of benzene rings is 1. The zero-order valence-electron chi connectivity index (χ0n) is 17.5. The van der Waals surface area contributed by atoms with Gasteiger partial charge in [0.25, 0.3) is 5.91 Å². The summed E-state index contributed by atoms with van der Waals surface area (Å²) in [6.07, 6.45) is 6.63. The molecule has 0 atom stereocenters. The van der Waals surface area contributed by atoms with Crippen molar-refractivity contribution in [2.45, 2.75) is 44.6 Å². The summed E-state index contributed by atoms with van der Waals surface area (Å²) in [7, 11) is 0. The number of ether oxygens (including phenoxy) is 2. The molecule has 1 aromatic carbocycles. The normalized spacial score (nSPS) is 18.3. The largest absolute Gasteiger partial charge is 0.483 e. The molecule has 0 aliphatic carbocycles. The maximum Gasteiger partial charge on any atom is 0.260 e. The number of fused-ring (bicyclic) bond motifs is 2. The zero-order chi connectivity index (χ0) is 20.7. The number of amides is 1. The number of hydrogen-bond acceptors (Lipinski definition) is 4. The van der Waals surface area contributed by atoms with E-state index in [4.69, 9.17) is 9.47 Å². The zero-order valence-corrected chi connectivity index (χ0v) is 17.5. The quantitative estimate of drug-likeness (QED) is 0.711. The Balaban J connectivity index is 1.19. The fourth-order valence-corrected chi connectivity index (χ4v) is 4.69. The molecular weight excluding hydrogens is 378 g/mol. The number of aromatic nitrogens is 2. The Labute approximate surface area is 176 Å². The van der Waals surface area contributed by atoms with Crippen molar-refractivity contribution in [3.05, 3.63) is 53.9 Å². The van der Waals surface area contributed by atoms with E-state index in [0.717, 1.165) is 49.3 Å². The van der Waals surface area contributed by atoms with Crippen LogP contribution in [0.5, 0.6) is 11.5 Å². The molecule has 2 aromatic heterocycles. The summed E-state index contributed by atoms with van der Waals surface area (Å²) in [5.41, 5.74) is 3.14. The second-order valence-corrected chi connectivity index (χ2v) is 8.87. The van der Waals surface area contributed by atoms with E-state index in [0.29, 0.717) is 11.7 Å². The third-order valence-electron chi connectivity index (χ3n) is 6.18. The molecule has 2 aliphatic heterocycles. The van der Waals surface area contributed by atoms with Crippen molar-refractivity contribution in [1.29, 1.82) is 0 Å². The first-order chi connectivity index (χ1) is 14.5. The second-order valence-electron chi connectivity index (χ2n) is 8.87. The van der Waals surface area contributed by atoms with Gasteiger partial charge in [-0.25, -0.2) is 4.98 Å². The van der Waals surface area contributed by atoms with Crippen LogP contribution >= 0.6 is 0 Å². The van der Waals surface area contributed by atoms with E-state index in [1.165, 1.54) is 10.9 Å². The van der Waals surface area contributed by atoms with E-state index in [-0.39, 0.29) is 18.1 Å². The van der Waals surface area contributed by atoms with Crippen LogP contribution < -0.4 is 9.47 Å². The van der Waals surface area contributed by atoms with Gasteiger partial charge in [-0.15, -0.1) is 0 Å². The Bertz CT molecular complexity index is 1080. The van der Waals surface area contributed by atoms with Crippen LogP contribution in [0.15, 0.2) is 42.7 Å². The molecule has 2 aliphatic rings. The highest BCUT2D eigenvalue weighted by Gasteiger charge is 2.32. The Morgan fingerprint density at radius 1 is 1.27 bits per heavy atom. The predicted molar refractivity (Wildman–Crippen MR) is 115 cm³/mol. The van der Waals surface area contributed by atoms with Gasteiger partial charge in [-0.2, -0.15) is 0 Å². The summed E-state index contributed by atoms with van der Waals surface area (Å²) in [5, 5.41) is 1.19. The molecule has 6 heteroatoms. The molecule has 0 spiro atoms. The van der Waals surface area contributed by atoms with Crippen molar-refractivity contribution < 1.29 is 14.3 Å². The van der Waals surface area contributed by atoms with E-state index in [9.17, 15) is 4.79 Å². The van der Waals surface area contributed by atoms with E-state index >= 15 is 0 Å². The molecule has 30 heavy (non-hydrogen) atoms. The standard InChI is InChI=1S/C24H27N3O3/c1-24(2)13-17-5-3-7-20(22(17)30-24)29-15-21(28)27-11-8-16(9-12-27)19-14-26-23-18(19)6-4-10-25-23/h3-7,10,14,16H,8-9,11-13,15H2,1-2H3,(H,25,26). The Kier molecular flexibility index (Phi) is 4.65. The van der Waals surface area contributed by atoms with Gasteiger partial charge < -0.3 is 19.4 Å². The van der Waals surface area contributed by atoms with Gasteiger partial charge in [0.15, 0.2) is 18.1 Å². The van der Waals surface area contributed by atoms with Gasteiger partial charge >= 0.3 is 0 Å². The van der Waals surface area contributed by atoms with Crippen LogP contribution in [0, 0.1) is 0 Å². The maximum absolute atomic E-state index is 12.7. The first kappa shape index (κ1) is 19.0. The number of hydrogen-bond donors (Lipinski definition) is 1. The minimum atomic E-state index is -0.231. The number of carbonyl (C=O) groups is 1. The lowest BCUT2D eigenvalue weighted by Crippen LogP contribution is -2.40. The van der Waals surface area contributed by atoms with E-state index < -0.39 is 0 Å². The monoisotopic (exact) mass is 405 g/mol. The Hall–Kier alpha value is -3.02. The highest BCUT2D eigenvalue weighted by atomic mass is 16.5. The van der Waals surface area contributed by atoms with Crippen LogP contribution in [0.4, 0.5) is 0 Å². The average molecular weight is 405 g/mol. The van der Waals surface area contributed by atoms with Gasteiger partial charge in [0, 0.05) is 42.9 Å². The highest BCUT2D eigenvalue weighted by molar-refractivity contribution is 5.80. The van der Waals surface area contributed by atoms with Gasteiger partial charge in [0.2, 0.25) is 0 Å². The molecule has 1 N–H and O–H groups in total. The fourth-order valence-electron chi connectivity index (χ4n) is 4.69. The summed E-state index contributed by atoms with van der Waals surface area (Å²) < 4.78 is 11.9. The lowest BCUT2D eigenvalue weighted by Gasteiger charge is -2.32. The van der Waals surface area contributed by atoms with Crippen LogP contribution in [-0.4, -0.2) is 46.1 Å². The summed E-state index contributed by atoms with van der Waals surface area (Å²) in [4.78, 5) is 22.3. The van der Waals surface area contributed by atoms with Crippen LogP contribution in [0.3, 0.4) is 0 Å². The van der Waals surface area contributed by atoms with Crippen LogP contribution in [-0.2, 0) is 11.2 Å². The van der Waals surface area contributed by atoms with Crippen molar-refractivity contribution in [3.63, 3.8) is 0 Å². The topological polar surface area (TPSA) is 67.5 Å². The number of para-hydroxylation sites is 1. The number of carbonyl (C=O) groups excluding carboxylic acids is 1. The first-order valence-corrected chi connectivity index (χ1v) is 10.6. The lowest BCUT2D eigenvalue weighted by molar-refractivity contribution is -0.134. The summed E-state index contributed by atoms with van der Waals surface area (Å²) in [6.45, 7) is 5.67. The predicted octanol–water partition coefficient (Wildman–Crippen LogP) is 4.06. The fraction of sp³-hybridized carbons (Fsp3) is 0.417. The molecule has 0 unspecified atom stereocenters. The number of rotatable bonds is 4. The molecular formula is C24H27N3O3. The summed E-state index contributed by atoms with van der Waals surface area (Å²) in [5.74, 6) is 1.92. The minimum absolute atomic E-state index is 0.0314. The third kappa shape index (κ3) is 3.51. The maximum atomic E-state index is 12.7. The lowest BCUT2D eigenvalue weighted by atomic mass is 9.89. The van der Waals surface area contributed by atoms with Gasteiger partial charge in [0.1, 0.15) is 11.2 Å². The molecule has 3 aromatic rings. The van der Waals surface area contributed by atoms with Crippen molar-refractivity contribution in [3.8, 4) is 11.5 Å². The number of likely N-dealkylation sites (tertiary alicyclic amines) is 1. The molecule has 4 heterocycles. The molecule has 1 fully saturated rings. The van der Waals surface area contributed by atoms with E-state index in [2.05, 4.69) is 42.1 Å². The molecule has 156 valence electrons. The molecule has 1 amide bonds. The van der Waals surface area contributed by atoms with E-state index in [1.807, 2.05) is 23.1 Å². The molecule has 0 radical (unpaired) electrons. The number of piperidine rings is 1. The number of pyridine rings is 1. The first-order valence-electron chi connectivity index (χ1n) is 10.6. The number of nitrogens with one attached hydrogen (secondary N) is 1.